The van der Waals surface area contributed by atoms with Crippen LogP contribution in [0.3, 0.4) is 0 Å². The highest BCUT2D eigenvalue weighted by Crippen LogP contribution is 2.32. The van der Waals surface area contributed by atoms with Crippen LogP contribution >= 0.6 is 23.7 Å². The van der Waals surface area contributed by atoms with Crippen LogP contribution < -0.4 is 4.90 Å². The van der Waals surface area contributed by atoms with Gasteiger partial charge in [-0.3, -0.25) is 14.6 Å². The Labute approximate surface area is 188 Å². The van der Waals surface area contributed by atoms with Crippen LogP contribution in [0.4, 0.5) is 5.13 Å². The fourth-order valence-corrected chi connectivity index (χ4v) is 4.66. The first kappa shape index (κ1) is 22.7. The lowest BCUT2D eigenvalue weighted by molar-refractivity contribution is -0.118. The van der Waals surface area contributed by atoms with Crippen LogP contribution in [0.15, 0.2) is 42.5 Å². The summed E-state index contributed by atoms with van der Waals surface area (Å²) in [7, 11) is 0. The maximum Gasteiger partial charge on any atom is 0.233 e. The molecule has 1 saturated heterocycles. The van der Waals surface area contributed by atoms with Gasteiger partial charge in [-0.1, -0.05) is 47.7 Å². The molecule has 1 aromatic heterocycles. The fraction of sp³-hybridized carbons (Fsp3) is 0.391. The van der Waals surface area contributed by atoms with Gasteiger partial charge in [-0.25, -0.2) is 4.98 Å². The SMILES string of the molecule is Cc1ccc2sc(N(CCN3CCOCC3)C(=O)Cc3ccccc3)nc2c1C.Cl. The van der Waals surface area contributed by atoms with E-state index in [2.05, 4.69) is 30.9 Å². The van der Waals surface area contributed by atoms with Gasteiger partial charge in [0.2, 0.25) is 5.91 Å². The topological polar surface area (TPSA) is 45.7 Å². The van der Waals surface area contributed by atoms with Gasteiger partial charge >= 0.3 is 0 Å². The van der Waals surface area contributed by atoms with Crippen molar-refractivity contribution < 1.29 is 9.53 Å². The molecule has 7 heteroatoms. The summed E-state index contributed by atoms with van der Waals surface area (Å²) < 4.78 is 6.58. The number of hydrogen-bond acceptors (Lipinski definition) is 5. The van der Waals surface area contributed by atoms with Crippen molar-refractivity contribution in [2.75, 3.05) is 44.3 Å². The van der Waals surface area contributed by atoms with Crippen LogP contribution in [0.2, 0.25) is 0 Å². The predicted octanol–water partition coefficient (Wildman–Crippen LogP) is 4.24. The Hall–Kier alpha value is -1.99. The van der Waals surface area contributed by atoms with E-state index in [1.54, 1.807) is 11.3 Å². The Kier molecular flexibility index (Phi) is 7.83. The molecule has 5 nitrogen and oxygen atoms in total. The smallest absolute Gasteiger partial charge is 0.233 e. The molecule has 160 valence electrons. The van der Waals surface area contributed by atoms with Crippen molar-refractivity contribution in [3.8, 4) is 0 Å². The van der Waals surface area contributed by atoms with Gasteiger partial charge in [-0.2, -0.15) is 0 Å². The molecule has 1 aliphatic rings. The van der Waals surface area contributed by atoms with Crippen LogP contribution in [0.1, 0.15) is 16.7 Å². The molecule has 1 fully saturated rings. The van der Waals surface area contributed by atoms with Gasteiger partial charge in [-0.15, -0.1) is 12.4 Å². The standard InChI is InChI=1S/C23H27N3O2S.ClH/c1-17-8-9-20-22(18(17)2)24-23(29-20)26(11-10-25-12-14-28-15-13-25)21(27)16-19-6-4-3-5-7-19;/h3-9H,10-16H2,1-2H3;1H. The summed E-state index contributed by atoms with van der Waals surface area (Å²) in [6.45, 7) is 9.03. The number of anilines is 1. The normalized spacial score (nSPS) is 14.5. The average Bonchev–Trinajstić information content (AvgIpc) is 3.17. The minimum atomic E-state index is 0. The summed E-state index contributed by atoms with van der Waals surface area (Å²) in [5.41, 5.74) is 4.45. The van der Waals surface area contributed by atoms with Gasteiger partial charge in [0.1, 0.15) is 0 Å². The first-order chi connectivity index (χ1) is 14.1. The zero-order chi connectivity index (χ0) is 20.2. The van der Waals surface area contributed by atoms with Crippen molar-refractivity contribution in [3.63, 3.8) is 0 Å². The molecule has 4 rings (SSSR count). The van der Waals surface area contributed by atoms with E-state index in [-0.39, 0.29) is 18.3 Å². The minimum absolute atomic E-state index is 0. The molecule has 0 spiro atoms. The maximum absolute atomic E-state index is 13.3. The number of morpholine rings is 1. The highest BCUT2D eigenvalue weighted by atomic mass is 35.5. The van der Waals surface area contributed by atoms with Crippen LogP contribution in [0, 0.1) is 13.8 Å². The molecule has 2 aromatic carbocycles. The number of carbonyl (C=O) groups excluding carboxylic acids is 1. The predicted molar refractivity (Wildman–Crippen MR) is 126 cm³/mol. The summed E-state index contributed by atoms with van der Waals surface area (Å²) in [4.78, 5) is 22.4. The van der Waals surface area contributed by atoms with Crippen LogP contribution in [0.25, 0.3) is 10.2 Å². The van der Waals surface area contributed by atoms with Gasteiger partial charge in [0, 0.05) is 26.2 Å². The van der Waals surface area contributed by atoms with E-state index in [0.29, 0.717) is 13.0 Å². The number of amides is 1. The Morgan fingerprint density at radius 3 is 2.60 bits per heavy atom. The summed E-state index contributed by atoms with van der Waals surface area (Å²) in [6.07, 6.45) is 0.387. The Bertz CT molecular complexity index is 987. The van der Waals surface area contributed by atoms with Crippen molar-refractivity contribution in [1.29, 1.82) is 0 Å². The Balaban J connectivity index is 0.00000256. The monoisotopic (exact) mass is 445 g/mol. The molecule has 1 aliphatic heterocycles. The second kappa shape index (κ2) is 10.4. The lowest BCUT2D eigenvalue weighted by Crippen LogP contribution is -2.43. The van der Waals surface area contributed by atoms with Crippen LogP contribution in [0.5, 0.6) is 0 Å². The molecule has 0 radical (unpaired) electrons. The van der Waals surface area contributed by atoms with Crippen molar-refractivity contribution in [1.82, 2.24) is 9.88 Å². The quantitative estimate of drug-likeness (QED) is 0.569. The van der Waals surface area contributed by atoms with E-state index in [1.165, 1.54) is 11.1 Å². The lowest BCUT2D eigenvalue weighted by atomic mass is 10.1. The number of thiazole rings is 1. The zero-order valence-corrected chi connectivity index (χ0v) is 19.1. The number of fused-ring (bicyclic) bond motifs is 1. The number of ether oxygens (including phenoxy) is 1. The highest BCUT2D eigenvalue weighted by Gasteiger charge is 2.22. The number of carbonyl (C=O) groups is 1. The van der Waals surface area contributed by atoms with Gasteiger partial charge < -0.3 is 4.74 Å². The van der Waals surface area contributed by atoms with Gasteiger partial charge in [0.05, 0.1) is 29.9 Å². The molecule has 0 aliphatic carbocycles. The molecule has 2 heterocycles. The third kappa shape index (κ3) is 5.19. The molecular weight excluding hydrogens is 418 g/mol. The molecule has 0 unspecified atom stereocenters. The maximum atomic E-state index is 13.3. The zero-order valence-electron chi connectivity index (χ0n) is 17.5. The second-order valence-electron chi connectivity index (χ2n) is 7.51. The van der Waals surface area contributed by atoms with E-state index in [9.17, 15) is 4.79 Å². The van der Waals surface area contributed by atoms with E-state index in [1.807, 2.05) is 35.2 Å². The first-order valence-corrected chi connectivity index (χ1v) is 10.9. The van der Waals surface area contributed by atoms with E-state index < -0.39 is 0 Å². The second-order valence-corrected chi connectivity index (χ2v) is 8.52. The van der Waals surface area contributed by atoms with Crippen LogP contribution in [-0.2, 0) is 16.0 Å². The number of rotatable bonds is 6. The van der Waals surface area contributed by atoms with Gasteiger partial charge in [0.25, 0.3) is 0 Å². The largest absolute Gasteiger partial charge is 0.379 e. The van der Waals surface area contributed by atoms with Crippen molar-refractivity contribution >= 4 is 45.0 Å². The van der Waals surface area contributed by atoms with E-state index >= 15 is 0 Å². The molecule has 0 atom stereocenters. The molecule has 3 aromatic rings. The number of halogens is 1. The van der Waals surface area contributed by atoms with E-state index in [4.69, 9.17) is 9.72 Å². The number of aryl methyl sites for hydroxylation is 2. The fourth-order valence-electron chi connectivity index (χ4n) is 3.59. The molecule has 30 heavy (non-hydrogen) atoms. The van der Waals surface area contributed by atoms with Crippen molar-refractivity contribution in [2.45, 2.75) is 20.3 Å². The third-order valence-corrected chi connectivity index (χ3v) is 6.59. The highest BCUT2D eigenvalue weighted by molar-refractivity contribution is 7.22. The molecule has 0 bridgehead atoms. The number of hydrogen-bond donors (Lipinski definition) is 0. The first-order valence-electron chi connectivity index (χ1n) is 10.1. The number of nitrogens with zero attached hydrogens (tertiary/aromatic N) is 3. The summed E-state index contributed by atoms with van der Waals surface area (Å²) in [5.74, 6) is 0.0953. The molecule has 0 saturated carbocycles. The number of aromatic nitrogens is 1. The molecule has 1 amide bonds. The van der Waals surface area contributed by atoms with Crippen molar-refractivity contribution in [3.05, 3.63) is 59.2 Å². The Morgan fingerprint density at radius 2 is 1.87 bits per heavy atom. The van der Waals surface area contributed by atoms with E-state index in [0.717, 1.165) is 53.8 Å². The van der Waals surface area contributed by atoms with Gasteiger partial charge in [0.15, 0.2) is 5.13 Å². The molecule has 0 N–H and O–H groups in total. The minimum Gasteiger partial charge on any atom is -0.379 e. The Morgan fingerprint density at radius 1 is 1.13 bits per heavy atom. The van der Waals surface area contributed by atoms with Crippen molar-refractivity contribution in [2.24, 2.45) is 0 Å². The average molecular weight is 446 g/mol. The van der Waals surface area contributed by atoms with Gasteiger partial charge in [-0.05, 0) is 36.6 Å². The summed E-state index contributed by atoms with van der Waals surface area (Å²) in [6, 6.07) is 14.2. The summed E-state index contributed by atoms with van der Waals surface area (Å²) >= 11 is 1.60. The molecular formula is C23H28ClN3O2S. The lowest BCUT2D eigenvalue weighted by Gasteiger charge is -2.29. The summed E-state index contributed by atoms with van der Waals surface area (Å²) in [5, 5.41) is 0.794. The van der Waals surface area contributed by atoms with Crippen LogP contribution in [-0.4, -0.2) is 55.2 Å². The third-order valence-electron chi connectivity index (χ3n) is 5.55. The number of benzene rings is 2.